The molecule has 0 fully saturated rings. The van der Waals surface area contributed by atoms with E-state index in [1.165, 1.54) is 24.3 Å². The van der Waals surface area contributed by atoms with Crippen molar-refractivity contribution in [3.8, 4) is 0 Å². The van der Waals surface area contributed by atoms with Gasteiger partial charge in [-0.15, -0.1) is 0 Å². The van der Waals surface area contributed by atoms with Crippen LogP contribution in [0.5, 0.6) is 0 Å². The first-order chi connectivity index (χ1) is 17.3. The Hall–Kier alpha value is -4.02. The molecule has 0 aliphatic carbocycles. The molecule has 2 heterocycles. The van der Waals surface area contributed by atoms with Gasteiger partial charge in [0.05, 0.1) is 0 Å². The van der Waals surface area contributed by atoms with Gasteiger partial charge in [0, 0.05) is 59.2 Å². The number of nitrogens with one attached hydrogen (secondary N) is 2. The average molecular weight is 497 g/mol. The van der Waals surface area contributed by atoms with Crippen LogP contribution in [0.3, 0.4) is 0 Å². The van der Waals surface area contributed by atoms with E-state index in [0.29, 0.717) is 25.7 Å². The van der Waals surface area contributed by atoms with Gasteiger partial charge in [-0.1, -0.05) is 0 Å². The number of aryl methyl sites for hydroxylation is 2. The first-order valence-electron chi connectivity index (χ1n) is 11.4. The van der Waals surface area contributed by atoms with Gasteiger partial charge in [-0.05, 0) is 60.4 Å². The highest BCUT2D eigenvalue weighted by Gasteiger charge is 2.13. The molecule has 0 aliphatic heterocycles. The van der Waals surface area contributed by atoms with E-state index in [9.17, 15) is 18.4 Å². The van der Waals surface area contributed by atoms with Crippen molar-refractivity contribution in [2.24, 2.45) is 11.5 Å². The van der Waals surface area contributed by atoms with Crippen LogP contribution in [-0.2, 0) is 31.9 Å². The highest BCUT2D eigenvalue weighted by molar-refractivity contribution is 5.91. The van der Waals surface area contributed by atoms with Gasteiger partial charge >= 0.3 is 11.9 Å². The van der Waals surface area contributed by atoms with Crippen LogP contribution in [0.25, 0.3) is 21.8 Å². The van der Waals surface area contributed by atoms with Gasteiger partial charge < -0.3 is 19.4 Å². The second-order valence-electron chi connectivity index (χ2n) is 8.37. The second-order valence-corrected chi connectivity index (χ2v) is 8.37. The molecule has 0 radical (unpaired) electrons. The summed E-state index contributed by atoms with van der Waals surface area (Å²) in [4.78, 5) is 30.1. The minimum Gasteiger partial charge on any atom is -0.444 e. The van der Waals surface area contributed by atoms with Crippen LogP contribution in [0.2, 0.25) is 0 Å². The Labute approximate surface area is 205 Å². The lowest BCUT2D eigenvalue weighted by Gasteiger charge is -2.12. The van der Waals surface area contributed by atoms with Crippen LogP contribution < -0.4 is 11.5 Å². The highest BCUT2D eigenvalue weighted by atomic mass is 19.1. The summed E-state index contributed by atoms with van der Waals surface area (Å²) in [5.41, 5.74) is 15.0. The van der Waals surface area contributed by atoms with Crippen molar-refractivity contribution in [2.75, 3.05) is 0 Å². The molecular weight excluding hydrogens is 470 g/mol. The van der Waals surface area contributed by atoms with E-state index in [0.717, 1.165) is 45.1 Å². The average Bonchev–Trinajstić information content (AvgIpc) is 3.43. The number of aromatic amines is 2. The molecule has 2 aromatic carbocycles. The third-order valence-corrected chi connectivity index (χ3v) is 5.75. The number of fused-ring (bicyclic) bond motifs is 2. The monoisotopic (exact) mass is 496 g/mol. The number of halogens is 2. The SMILES string of the molecule is NC(CCc1c[nH]c2ccc(F)cc12)OC(=O)/C=C/C(=O)OC(N)CCc1c[nH]c2ccc(F)cc12. The number of H-pyrrole nitrogens is 2. The molecule has 4 rings (SSSR count). The molecule has 6 N–H and O–H groups in total. The molecule has 0 saturated heterocycles. The van der Waals surface area contributed by atoms with Gasteiger partial charge in [0.2, 0.25) is 0 Å². The molecule has 10 heteroatoms. The van der Waals surface area contributed by atoms with Crippen molar-refractivity contribution in [3.63, 3.8) is 0 Å². The molecule has 2 unspecified atom stereocenters. The predicted octanol–water partition coefficient (Wildman–Crippen LogP) is 3.71. The summed E-state index contributed by atoms with van der Waals surface area (Å²) in [6.45, 7) is 0. The topological polar surface area (TPSA) is 136 Å². The predicted molar refractivity (Wildman–Crippen MR) is 130 cm³/mol. The number of hydrogen-bond acceptors (Lipinski definition) is 6. The number of rotatable bonds is 10. The fourth-order valence-electron chi connectivity index (χ4n) is 3.94. The van der Waals surface area contributed by atoms with Crippen LogP contribution in [0, 0.1) is 11.6 Å². The van der Waals surface area contributed by atoms with Crippen LogP contribution in [0.4, 0.5) is 8.78 Å². The van der Waals surface area contributed by atoms with Crippen LogP contribution in [-0.4, -0.2) is 34.4 Å². The fraction of sp³-hybridized carbons (Fsp3) is 0.231. The lowest BCUT2D eigenvalue weighted by molar-refractivity contribution is -0.145. The number of carbonyl (C=O) groups excluding carboxylic acids is 2. The molecule has 2 aromatic heterocycles. The van der Waals surface area contributed by atoms with Crippen molar-refractivity contribution in [1.82, 2.24) is 9.97 Å². The molecule has 36 heavy (non-hydrogen) atoms. The Morgan fingerprint density at radius 2 is 1.19 bits per heavy atom. The van der Waals surface area contributed by atoms with Gasteiger partial charge in [-0.3, -0.25) is 11.5 Å². The summed E-state index contributed by atoms with van der Waals surface area (Å²) in [5.74, 6) is -2.30. The Bertz CT molecular complexity index is 1310. The normalized spacial score (nSPS) is 13.3. The third kappa shape index (κ3) is 6.35. The van der Waals surface area contributed by atoms with Crippen molar-refractivity contribution in [1.29, 1.82) is 0 Å². The summed E-state index contributed by atoms with van der Waals surface area (Å²) in [6.07, 6.45) is 5.04. The maximum atomic E-state index is 13.5. The number of esters is 2. The van der Waals surface area contributed by atoms with Crippen molar-refractivity contribution in [3.05, 3.63) is 83.7 Å². The smallest absolute Gasteiger partial charge is 0.332 e. The zero-order chi connectivity index (χ0) is 25.7. The van der Waals surface area contributed by atoms with E-state index in [4.69, 9.17) is 20.9 Å². The van der Waals surface area contributed by atoms with Gasteiger partial charge in [-0.2, -0.15) is 0 Å². The van der Waals surface area contributed by atoms with E-state index < -0.39 is 24.4 Å². The maximum Gasteiger partial charge on any atom is 0.332 e. The van der Waals surface area contributed by atoms with Gasteiger partial charge in [-0.25, -0.2) is 18.4 Å². The van der Waals surface area contributed by atoms with Gasteiger partial charge in [0.25, 0.3) is 0 Å². The molecule has 188 valence electrons. The number of aromatic nitrogens is 2. The second kappa shape index (κ2) is 11.1. The number of hydrogen-bond donors (Lipinski definition) is 4. The minimum atomic E-state index is -0.917. The van der Waals surface area contributed by atoms with E-state index in [2.05, 4.69) is 9.97 Å². The molecular formula is C26H26F2N4O4. The number of nitrogens with two attached hydrogens (primary N) is 2. The van der Waals surface area contributed by atoms with Crippen molar-refractivity contribution in [2.45, 2.75) is 38.1 Å². The van der Waals surface area contributed by atoms with Crippen molar-refractivity contribution >= 4 is 33.7 Å². The molecule has 8 nitrogen and oxygen atoms in total. The summed E-state index contributed by atoms with van der Waals surface area (Å²) in [5, 5.41) is 1.48. The number of carbonyl (C=O) groups is 2. The first-order valence-corrected chi connectivity index (χ1v) is 11.4. The molecule has 0 saturated carbocycles. The molecule has 0 bridgehead atoms. The van der Waals surface area contributed by atoms with E-state index >= 15 is 0 Å². The van der Waals surface area contributed by atoms with Crippen LogP contribution in [0.15, 0.2) is 60.9 Å². The van der Waals surface area contributed by atoms with Crippen LogP contribution >= 0.6 is 0 Å². The number of ether oxygens (including phenoxy) is 2. The third-order valence-electron chi connectivity index (χ3n) is 5.75. The lowest BCUT2D eigenvalue weighted by Crippen LogP contribution is -2.28. The molecule has 2 atom stereocenters. The zero-order valence-corrected chi connectivity index (χ0v) is 19.3. The van der Waals surface area contributed by atoms with E-state index in [1.54, 1.807) is 24.5 Å². The minimum absolute atomic E-state index is 0.302. The fourth-order valence-corrected chi connectivity index (χ4v) is 3.94. The summed E-state index contributed by atoms with van der Waals surface area (Å²) < 4.78 is 37.2. The van der Waals surface area contributed by atoms with E-state index in [1.807, 2.05) is 0 Å². The highest BCUT2D eigenvalue weighted by Crippen LogP contribution is 2.22. The summed E-state index contributed by atoms with van der Waals surface area (Å²) >= 11 is 0. The Morgan fingerprint density at radius 1 is 0.778 bits per heavy atom. The summed E-state index contributed by atoms with van der Waals surface area (Å²) in [7, 11) is 0. The summed E-state index contributed by atoms with van der Waals surface area (Å²) in [6, 6.07) is 8.88. The zero-order valence-electron chi connectivity index (χ0n) is 19.3. The van der Waals surface area contributed by atoms with Crippen molar-refractivity contribution < 1.29 is 27.8 Å². The van der Waals surface area contributed by atoms with E-state index in [-0.39, 0.29) is 11.6 Å². The molecule has 0 amide bonds. The first kappa shape index (κ1) is 25.1. The van der Waals surface area contributed by atoms with Gasteiger partial charge in [0.1, 0.15) is 11.6 Å². The molecule has 4 aromatic rings. The van der Waals surface area contributed by atoms with Gasteiger partial charge in [0.15, 0.2) is 12.5 Å². The Balaban J connectivity index is 1.19. The lowest BCUT2D eigenvalue weighted by atomic mass is 10.1. The standard InChI is InChI=1S/C26H26F2N4O4/c27-17-3-5-21-19(11-17)15(13-31-21)1-7-23(29)35-25(33)9-10-26(34)36-24(30)8-2-16-14-32-22-6-4-18(28)12-20(16)22/h3-6,9-14,23-24,31-32H,1-2,7-8,29-30H2/b10-9+. The Morgan fingerprint density at radius 3 is 1.61 bits per heavy atom. The van der Waals surface area contributed by atoms with Crippen LogP contribution in [0.1, 0.15) is 24.0 Å². The molecule has 0 spiro atoms. The quantitative estimate of drug-likeness (QED) is 0.150. The number of benzene rings is 2. The Kier molecular flexibility index (Phi) is 7.77. The molecule has 0 aliphatic rings. The maximum absolute atomic E-state index is 13.5. The largest absolute Gasteiger partial charge is 0.444 e.